The second-order valence-corrected chi connectivity index (χ2v) is 6.28. The first-order valence-electron chi connectivity index (χ1n) is 8.85. The molecule has 0 unspecified atom stereocenters. The minimum absolute atomic E-state index is 0.199. The van der Waals surface area contributed by atoms with Gasteiger partial charge in [-0.1, -0.05) is 30.3 Å². The molecule has 0 saturated carbocycles. The number of benzene rings is 2. The van der Waals surface area contributed by atoms with Gasteiger partial charge in [0.25, 0.3) is 0 Å². The quantitative estimate of drug-likeness (QED) is 0.488. The van der Waals surface area contributed by atoms with Gasteiger partial charge < -0.3 is 9.30 Å². The fourth-order valence-corrected chi connectivity index (χ4v) is 3.02. The molecule has 0 aliphatic carbocycles. The molecule has 0 atom stereocenters. The van der Waals surface area contributed by atoms with Crippen molar-refractivity contribution in [3.05, 3.63) is 90.6 Å². The molecule has 0 spiro atoms. The average Bonchev–Trinajstić information content (AvgIpc) is 3.26. The number of hydrogen-bond donors (Lipinski definition) is 0. The molecule has 4 rings (SSSR count). The van der Waals surface area contributed by atoms with Crippen LogP contribution in [0.15, 0.2) is 79.5 Å². The molecule has 0 aliphatic heterocycles. The summed E-state index contributed by atoms with van der Waals surface area (Å²) in [7, 11) is 0. The van der Waals surface area contributed by atoms with Crippen molar-refractivity contribution in [2.24, 2.45) is 0 Å². The van der Waals surface area contributed by atoms with Gasteiger partial charge in [0.2, 0.25) is 0 Å². The minimum atomic E-state index is -0.199. The largest absolute Gasteiger partial charge is 0.461 e. The topological polar surface area (TPSA) is 57.0 Å². The Morgan fingerprint density at radius 2 is 1.85 bits per heavy atom. The fraction of sp³-hybridized carbons (Fsp3) is 0.136. The predicted molar refractivity (Wildman–Crippen MR) is 103 cm³/mol. The van der Waals surface area contributed by atoms with Crippen LogP contribution in [0.25, 0.3) is 16.6 Å². The maximum absolute atomic E-state index is 12.1. The number of carbonyl (C=O) groups is 1. The van der Waals surface area contributed by atoms with E-state index in [0.717, 1.165) is 27.7 Å². The molecular formula is C22H19N3O2. The van der Waals surface area contributed by atoms with Crippen LogP contribution in [0, 0.1) is 0 Å². The average molecular weight is 357 g/mol. The van der Waals surface area contributed by atoms with Crippen molar-refractivity contribution < 1.29 is 9.53 Å². The van der Waals surface area contributed by atoms with Crippen LogP contribution in [0.4, 0.5) is 0 Å². The van der Waals surface area contributed by atoms with Crippen LogP contribution >= 0.6 is 0 Å². The predicted octanol–water partition coefficient (Wildman–Crippen LogP) is 4.10. The zero-order valence-electron chi connectivity index (χ0n) is 14.8. The molecule has 0 amide bonds. The number of hydrogen-bond acceptors (Lipinski definition) is 4. The van der Waals surface area contributed by atoms with E-state index in [9.17, 15) is 4.79 Å². The molecule has 0 aliphatic rings. The van der Waals surface area contributed by atoms with E-state index < -0.39 is 0 Å². The lowest BCUT2D eigenvalue weighted by Crippen LogP contribution is -2.06. The number of ether oxygens (including phenoxy) is 1. The van der Waals surface area contributed by atoms with E-state index in [-0.39, 0.29) is 12.6 Å². The molecule has 0 bridgehead atoms. The Morgan fingerprint density at radius 3 is 2.67 bits per heavy atom. The first-order valence-corrected chi connectivity index (χ1v) is 8.85. The van der Waals surface area contributed by atoms with Crippen LogP contribution in [0.1, 0.15) is 17.5 Å². The van der Waals surface area contributed by atoms with Crippen LogP contribution in [0.3, 0.4) is 0 Å². The summed E-state index contributed by atoms with van der Waals surface area (Å²) in [6.45, 7) is 0.278. The van der Waals surface area contributed by atoms with E-state index in [1.54, 1.807) is 18.7 Å². The van der Waals surface area contributed by atoms with E-state index in [1.807, 2.05) is 65.4 Å². The third-order valence-electron chi connectivity index (χ3n) is 4.48. The van der Waals surface area contributed by atoms with Gasteiger partial charge in [0, 0.05) is 36.1 Å². The third kappa shape index (κ3) is 4.03. The van der Waals surface area contributed by atoms with Gasteiger partial charge in [-0.05, 0) is 41.8 Å². The normalized spacial score (nSPS) is 10.8. The maximum Gasteiger partial charge on any atom is 0.306 e. The Balaban J connectivity index is 1.32. The van der Waals surface area contributed by atoms with Crippen molar-refractivity contribution in [3.63, 3.8) is 0 Å². The third-order valence-corrected chi connectivity index (χ3v) is 4.48. The van der Waals surface area contributed by atoms with Crippen LogP contribution in [-0.2, 0) is 22.6 Å². The molecule has 0 saturated heterocycles. The monoisotopic (exact) mass is 357 g/mol. The highest BCUT2D eigenvalue weighted by molar-refractivity contribution is 5.82. The van der Waals surface area contributed by atoms with Crippen molar-refractivity contribution >= 4 is 16.9 Å². The SMILES string of the molecule is O=C(CCc1ccnc2ccccc12)OCc1ccc(-n2ccnc2)cc1. The molecule has 2 heterocycles. The number of aryl methyl sites for hydroxylation is 1. The van der Waals surface area contributed by atoms with E-state index in [4.69, 9.17) is 4.74 Å². The van der Waals surface area contributed by atoms with E-state index in [0.29, 0.717) is 12.8 Å². The number of fused-ring (bicyclic) bond motifs is 1. The van der Waals surface area contributed by atoms with Gasteiger partial charge in [0.05, 0.1) is 11.8 Å². The van der Waals surface area contributed by atoms with E-state index in [1.165, 1.54) is 0 Å². The molecule has 5 nitrogen and oxygen atoms in total. The molecule has 0 fully saturated rings. The second-order valence-electron chi connectivity index (χ2n) is 6.28. The van der Waals surface area contributed by atoms with Gasteiger partial charge in [-0.2, -0.15) is 0 Å². The number of esters is 1. The summed E-state index contributed by atoms with van der Waals surface area (Å²) in [6.07, 6.45) is 8.14. The maximum atomic E-state index is 12.1. The number of carbonyl (C=O) groups excluding carboxylic acids is 1. The van der Waals surface area contributed by atoms with Gasteiger partial charge in [-0.25, -0.2) is 4.98 Å². The Hall–Kier alpha value is -3.47. The highest BCUT2D eigenvalue weighted by Crippen LogP contribution is 2.18. The summed E-state index contributed by atoms with van der Waals surface area (Å²) in [6, 6.07) is 17.8. The van der Waals surface area contributed by atoms with Gasteiger partial charge in [0.15, 0.2) is 0 Å². The first-order chi connectivity index (χ1) is 13.3. The number of rotatable bonds is 6. The van der Waals surface area contributed by atoms with E-state index in [2.05, 4.69) is 9.97 Å². The lowest BCUT2D eigenvalue weighted by atomic mass is 10.0. The lowest BCUT2D eigenvalue weighted by Gasteiger charge is -2.08. The van der Waals surface area contributed by atoms with Crippen molar-refractivity contribution in [1.29, 1.82) is 0 Å². The number of aromatic nitrogens is 3. The molecule has 2 aromatic carbocycles. The Morgan fingerprint density at radius 1 is 1.00 bits per heavy atom. The molecule has 0 N–H and O–H groups in total. The summed E-state index contributed by atoms with van der Waals surface area (Å²) >= 11 is 0. The standard InChI is InChI=1S/C22H19N3O2/c26-22(10-7-18-11-12-24-21-4-2-1-3-20(18)21)27-15-17-5-8-19(9-6-17)25-14-13-23-16-25/h1-6,8-9,11-14,16H,7,10,15H2. The second kappa shape index (κ2) is 7.83. The minimum Gasteiger partial charge on any atom is -0.461 e. The Bertz CT molecular complexity index is 1040. The molecule has 0 radical (unpaired) electrons. The smallest absolute Gasteiger partial charge is 0.306 e. The lowest BCUT2D eigenvalue weighted by molar-refractivity contribution is -0.144. The van der Waals surface area contributed by atoms with E-state index >= 15 is 0 Å². The summed E-state index contributed by atoms with van der Waals surface area (Å²) in [5.74, 6) is -0.199. The van der Waals surface area contributed by atoms with Crippen molar-refractivity contribution in [2.75, 3.05) is 0 Å². The first kappa shape index (κ1) is 17.0. The number of imidazole rings is 1. The summed E-state index contributed by atoms with van der Waals surface area (Å²) < 4.78 is 7.34. The molecule has 4 aromatic rings. The van der Waals surface area contributed by atoms with Crippen molar-refractivity contribution in [1.82, 2.24) is 14.5 Å². The van der Waals surface area contributed by atoms with Gasteiger partial charge in [0.1, 0.15) is 6.61 Å². The zero-order valence-corrected chi connectivity index (χ0v) is 14.8. The fourth-order valence-electron chi connectivity index (χ4n) is 3.02. The van der Waals surface area contributed by atoms with Crippen LogP contribution in [0.2, 0.25) is 0 Å². The van der Waals surface area contributed by atoms with Gasteiger partial charge in [-0.3, -0.25) is 9.78 Å². The van der Waals surface area contributed by atoms with Crippen LogP contribution in [0.5, 0.6) is 0 Å². The summed E-state index contributed by atoms with van der Waals surface area (Å²) in [4.78, 5) is 20.5. The zero-order chi connectivity index (χ0) is 18.5. The Labute approximate surface area is 157 Å². The van der Waals surface area contributed by atoms with Crippen LogP contribution < -0.4 is 0 Å². The highest BCUT2D eigenvalue weighted by atomic mass is 16.5. The van der Waals surface area contributed by atoms with Gasteiger partial charge in [-0.15, -0.1) is 0 Å². The summed E-state index contributed by atoms with van der Waals surface area (Å²) in [5, 5.41) is 1.09. The van der Waals surface area contributed by atoms with Crippen LogP contribution in [-0.4, -0.2) is 20.5 Å². The highest BCUT2D eigenvalue weighted by Gasteiger charge is 2.07. The molecule has 5 heteroatoms. The molecule has 134 valence electrons. The molecule has 27 heavy (non-hydrogen) atoms. The number of para-hydroxylation sites is 1. The molecule has 2 aromatic heterocycles. The Kier molecular flexibility index (Phi) is 4.92. The number of pyridine rings is 1. The van der Waals surface area contributed by atoms with Crippen molar-refractivity contribution in [3.8, 4) is 5.69 Å². The van der Waals surface area contributed by atoms with Crippen molar-refractivity contribution in [2.45, 2.75) is 19.4 Å². The number of nitrogens with zero attached hydrogens (tertiary/aromatic N) is 3. The molecular weight excluding hydrogens is 338 g/mol. The van der Waals surface area contributed by atoms with Gasteiger partial charge >= 0.3 is 5.97 Å². The summed E-state index contributed by atoms with van der Waals surface area (Å²) in [5.41, 5.74) is 4.04.